The van der Waals surface area contributed by atoms with Gasteiger partial charge in [-0.05, 0) is 46.3 Å². The highest BCUT2D eigenvalue weighted by molar-refractivity contribution is 9.10. The number of thiophene rings is 1. The first kappa shape index (κ1) is 13.5. The Bertz CT molecular complexity index is 673. The maximum absolute atomic E-state index is 11.2. The molecule has 0 fully saturated rings. The molecule has 2 aromatic heterocycles. The molecular weight excluding hydrogens is 342 g/mol. The number of pyridine rings is 1. The molecule has 20 heavy (non-hydrogen) atoms. The van der Waals surface area contributed by atoms with Crippen LogP contribution in [0.5, 0.6) is 0 Å². The smallest absolute Gasteiger partial charge is 0.312 e. The molecule has 0 aromatic carbocycles. The van der Waals surface area contributed by atoms with Crippen LogP contribution in [0.4, 0.5) is 11.5 Å². The summed E-state index contributed by atoms with van der Waals surface area (Å²) in [5.41, 5.74) is 1.30. The van der Waals surface area contributed by atoms with E-state index in [1.165, 1.54) is 16.5 Å². The van der Waals surface area contributed by atoms with Crippen molar-refractivity contribution in [3.63, 3.8) is 0 Å². The monoisotopic (exact) mass is 353 g/mol. The number of fused-ring (bicyclic) bond motifs is 1. The minimum atomic E-state index is -0.372. The Morgan fingerprint density at radius 3 is 3.15 bits per heavy atom. The SMILES string of the molecule is CC1c2ccsc2CCN1c1ncc(Br)cc1[N+](=O)[O-]. The maximum Gasteiger partial charge on any atom is 0.312 e. The fourth-order valence-electron chi connectivity index (χ4n) is 2.58. The van der Waals surface area contributed by atoms with E-state index in [1.54, 1.807) is 17.5 Å². The van der Waals surface area contributed by atoms with Crippen molar-refractivity contribution >= 4 is 38.8 Å². The van der Waals surface area contributed by atoms with E-state index in [9.17, 15) is 10.1 Å². The highest BCUT2D eigenvalue weighted by Crippen LogP contribution is 2.39. The first-order valence-electron chi connectivity index (χ1n) is 6.21. The number of nitrogens with zero attached hydrogens (tertiary/aromatic N) is 3. The van der Waals surface area contributed by atoms with Crippen LogP contribution >= 0.6 is 27.3 Å². The Hall–Kier alpha value is -1.47. The molecule has 104 valence electrons. The Labute approximate surface area is 128 Å². The van der Waals surface area contributed by atoms with E-state index in [1.807, 2.05) is 4.90 Å². The third kappa shape index (κ3) is 2.20. The molecular formula is C13H12BrN3O2S. The summed E-state index contributed by atoms with van der Waals surface area (Å²) in [6.07, 6.45) is 2.52. The second-order valence-corrected chi connectivity index (χ2v) is 6.59. The van der Waals surface area contributed by atoms with Gasteiger partial charge in [-0.3, -0.25) is 10.1 Å². The van der Waals surface area contributed by atoms with Crippen LogP contribution in [0.1, 0.15) is 23.4 Å². The van der Waals surface area contributed by atoms with Crippen LogP contribution in [0.3, 0.4) is 0 Å². The normalized spacial score (nSPS) is 17.9. The lowest BCUT2D eigenvalue weighted by atomic mass is 10.0. The van der Waals surface area contributed by atoms with Gasteiger partial charge in [0.2, 0.25) is 5.82 Å². The minimum absolute atomic E-state index is 0.0462. The zero-order valence-corrected chi connectivity index (χ0v) is 13.1. The van der Waals surface area contributed by atoms with Gasteiger partial charge in [0, 0.05) is 28.2 Å². The van der Waals surface area contributed by atoms with E-state index in [2.05, 4.69) is 39.3 Å². The average molecular weight is 354 g/mol. The maximum atomic E-state index is 11.2. The molecule has 0 radical (unpaired) electrons. The number of anilines is 1. The summed E-state index contributed by atoms with van der Waals surface area (Å²) in [5.74, 6) is 0.447. The molecule has 0 spiro atoms. The van der Waals surface area contributed by atoms with Crippen LogP contribution in [0.15, 0.2) is 28.2 Å². The van der Waals surface area contributed by atoms with Crippen LogP contribution in [-0.2, 0) is 6.42 Å². The van der Waals surface area contributed by atoms with Gasteiger partial charge in [-0.2, -0.15) is 0 Å². The second kappa shape index (κ2) is 5.14. The Balaban J connectivity index is 2.04. The molecule has 1 unspecified atom stereocenters. The van der Waals surface area contributed by atoms with Crippen molar-refractivity contribution in [2.45, 2.75) is 19.4 Å². The average Bonchev–Trinajstić information content (AvgIpc) is 2.89. The predicted octanol–water partition coefficient (Wildman–Crippen LogP) is 3.94. The summed E-state index contributed by atoms with van der Waals surface area (Å²) in [6.45, 7) is 2.82. The number of halogens is 1. The molecule has 0 bridgehead atoms. The van der Waals surface area contributed by atoms with Gasteiger partial charge < -0.3 is 4.90 Å². The van der Waals surface area contributed by atoms with Gasteiger partial charge in [-0.15, -0.1) is 11.3 Å². The first-order chi connectivity index (χ1) is 9.58. The van der Waals surface area contributed by atoms with Gasteiger partial charge in [-0.1, -0.05) is 0 Å². The van der Waals surface area contributed by atoms with Gasteiger partial charge in [0.05, 0.1) is 11.0 Å². The van der Waals surface area contributed by atoms with Crippen molar-refractivity contribution in [2.24, 2.45) is 0 Å². The van der Waals surface area contributed by atoms with E-state index in [0.29, 0.717) is 10.3 Å². The first-order valence-corrected chi connectivity index (χ1v) is 7.88. The third-order valence-corrected chi connectivity index (χ3v) is 4.99. The number of rotatable bonds is 2. The van der Waals surface area contributed by atoms with E-state index in [0.717, 1.165) is 13.0 Å². The van der Waals surface area contributed by atoms with Gasteiger partial charge in [0.1, 0.15) is 0 Å². The number of nitro groups is 1. The highest BCUT2D eigenvalue weighted by Gasteiger charge is 2.30. The molecule has 2 aromatic rings. The molecule has 1 atom stereocenters. The van der Waals surface area contributed by atoms with Crippen molar-refractivity contribution in [2.75, 3.05) is 11.4 Å². The van der Waals surface area contributed by atoms with Gasteiger partial charge >= 0.3 is 5.69 Å². The third-order valence-electron chi connectivity index (χ3n) is 3.56. The van der Waals surface area contributed by atoms with Crippen LogP contribution in [0, 0.1) is 10.1 Å². The van der Waals surface area contributed by atoms with Crippen LogP contribution in [-0.4, -0.2) is 16.5 Å². The molecule has 0 aliphatic carbocycles. The summed E-state index contributed by atoms with van der Waals surface area (Å²) < 4.78 is 0.619. The van der Waals surface area contributed by atoms with Crippen molar-refractivity contribution in [1.29, 1.82) is 0 Å². The fourth-order valence-corrected chi connectivity index (χ4v) is 3.86. The molecule has 1 aliphatic heterocycles. The summed E-state index contributed by atoms with van der Waals surface area (Å²) >= 11 is 4.99. The molecule has 0 N–H and O–H groups in total. The lowest BCUT2D eigenvalue weighted by Gasteiger charge is -2.34. The summed E-state index contributed by atoms with van der Waals surface area (Å²) in [5, 5.41) is 13.3. The van der Waals surface area contributed by atoms with E-state index < -0.39 is 0 Å². The molecule has 0 saturated heterocycles. The fraction of sp³-hybridized carbons (Fsp3) is 0.308. The van der Waals surface area contributed by atoms with E-state index in [4.69, 9.17) is 0 Å². The van der Waals surface area contributed by atoms with Crippen molar-refractivity contribution < 1.29 is 4.92 Å². The zero-order valence-electron chi connectivity index (χ0n) is 10.7. The molecule has 0 amide bonds. The predicted molar refractivity (Wildman–Crippen MR) is 82.4 cm³/mol. The molecule has 0 saturated carbocycles. The molecule has 7 heteroatoms. The van der Waals surface area contributed by atoms with E-state index in [-0.39, 0.29) is 16.7 Å². The van der Waals surface area contributed by atoms with Crippen LogP contribution in [0.25, 0.3) is 0 Å². The Kier molecular flexibility index (Phi) is 3.47. The van der Waals surface area contributed by atoms with Crippen LogP contribution < -0.4 is 4.90 Å². The molecule has 3 heterocycles. The Morgan fingerprint density at radius 2 is 2.40 bits per heavy atom. The van der Waals surface area contributed by atoms with Gasteiger partial charge in [-0.25, -0.2) is 4.98 Å². The quantitative estimate of drug-likeness (QED) is 0.606. The van der Waals surface area contributed by atoms with Gasteiger partial charge in [0.15, 0.2) is 0 Å². The summed E-state index contributed by atoms with van der Waals surface area (Å²) in [6, 6.07) is 3.72. The lowest BCUT2D eigenvalue weighted by Crippen LogP contribution is -2.34. The highest BCUT2D eigenvalue weighted by atomic mass is 79.9. The number of hydrogen-bond donors (Lipinski definition) is 0. The zero-order chi connectivity index (χ0) is 14.3. The van der Waals surface area contributed by atoms with Crippen molar-refractivity contribution in [3.8, 4) is 0 Å². The Morgan fingerprint density at radius 1 is 1.60 bits per heavy atom. The molecule has 1 aliphatic rings. The molecule has 5 nitrogen and oxygen atoms in total. The second-order valence-electron chi connectivity index (χ2n) is 4.67. The lowest BCUT2D eigenvalue weighted by molar-refractivity contribution is -0.384. The summed E-state index contributed by atoms with van der Waals surface area (Å²) in [4.78, 5) is 18.5. The number of hydrogen-bond acceptors (Lipinski definition) is 5. The van der Waals surface area contributed by atoms with Gasteiger partial charge in [0.25, 0.3) is 0 Å². The largest absolute Gasteiger partial charge is 0.344 e. The van der Waals surface area contributed by atoms with Crippen LogP contribution in [0.2, 0.25) is 0 Å². The standard InChI is InChI=1S/C13H12BrN3O2S/c1-8-10-3-5-20-12(10)2-4-16(8)13-11(17(18)19)6-9(14)7-15-13/h3,5-8H,2,4H2,1H3. The summed E-state index contributed by atoms with van der Waals surface area (Å²) in [7, 11) is 0. The van der Waals surface area contributed by atoms with E-state index >= 15 is 0 Å². The van der Waals surface area contributed by atoms with Crippen molar-refractivity contribution in [3.05, 3.63) is 48.7 Å². The van der Waals surface area contributed by atoms with Crippen molar-refractivity contribution in [1.82, 2.24) is 4.98 Å². The topological polar surface area (TPSA) is 59.3 Å². The number of aromatic nitrogens is 1. The minimum Gasteiger partial charge on any atom is -0.344 e. The molecule has 3 rings (SSSR count).